The normalized spacial score (nSPS) is 23.2. The van der Waals surface area contributed by atoms with Gasteiger partial charge < -0.3 is 10.1 Å². The minimum Gasteiger partial charge on any atom is -0.371 e. The summed E-state index contributed by atoms with van der Waals surface area (Å²) in [5.41, 5.74) is 1.12. The van der Waals surface area contributed by atoms with Crippen LogP contribution >= 0.6 is 12.4 Å². The number of hydrogen-bond donors (Lipinski definition) is 2. The van der Waals surface area contributed by atoms with Crippen LogP contribution in [0.3, 0.4) is 0 Å². The van der Waals surface area contributed by atoms with Gasteiger partial charge in [-0.25, -0.2) is 0 Å². The van der Waals surface area contributed by atoms with Gasteiger partial charge in [0.05, 0.1) is 18.9 Å². The summed E-state index contributed by atoms with van der Waals surface area (Å²) in [5.74, 6) is 0. The van der Waals surface area contributed by atoms with E-state index in [4.69, 9.17) is 4.74 Å². The van der Waals surface area contributed by atoms with E-state index < -0.39 is 0 Å². The Bertz CT molecular complexity index is 208. The summed E-state index contributed by atoms with van der Waals surface area (Å²) < 4.78 is 5.50. The van der Waals surface area contributed by atoms with Crippen molar-refractivity contribution in [1.82, 2.24) is 15.5 Å². The van der Waals surface area contributed by atoms with Gasteiger partial charge in [0.25, 0.3) is 0 Å². The Labute approximate surface area is 77.1 Å². The molecule has 2 rings (SSSR count). The number of halogens is 1. The molecule has 1 saturated heterocycles. The summed E-state index contributed by atoms with van der Waals surface area (Å²) in [6, 6.07) is 0. The summed E-state index contributed by atoms with van der Waals surface area (Å²) >= 11 is 0. The molecular formula is C7H12ClN3O. The Morgan fingerprint density at radius 3 is 3.08 bits per heavy atom. The Morgan fingerprint density at radius 1 is 1.58 bits per heavy atom. The molecule has 0 radical (unpaired) electrons. The number of nitrogens with one attached hydrogen (secondary N) is 2. The number of hydrogen-bond acceptors (Lipinski definition) is 3. The topological polar surface area (TPSA) is 49.9 Å². The van der Waals surface area contributed by atoms with Crippen LogP contribution < -0.4 is 5.32 Å². The van der Waals surface area contributed by atoms with Crippen LogP contribution in [-0.4, -0.2) is 29.9 Å². The molecule has 5 heteroatoms. The van der Waals surface area contributed by atoms with Gasteiger partial charge in [0, 0.05) is 24.8 Å². The molecule has 1 atom stereocenters. The summed E-state index contributed by atoms with van der Waals surface area (Å²) in [5, 5.41) is 9.89. The van der Waals surface area contributed by atoms with E-state index in [1.54, 1.807) is 6.20 Å². The molecule has 1 fully saturated rings. The zero-order valence-electron chi connectivity index (χ0n) is 6.62. The van der Waals surface area contributed by atoms with Crippen molar-refractivity contribution in [3.05, 3.63) is 18.0 Å². The molecule has 1 aromatic heterocycles. The lowest BCUT2D eigenvalue weighted by molar-refractivity contribution is 0.0277. The largest absolute Gasteiger partial charge is 0.371 e. The van der Waals surface area contributed by atoms with Crippen molar-refractivity contribution in [2.24, 2.45) is 0 Å². The first-order chi connectivity index (χ1) is 5.47. The lowest BCUT2D eigenvalue weighted by Crippen LogP contribution is -2.33. The predicted molar refractivity (Wildman–Crippen MR) is 47.4 cm³/mol. The Morgan fingerprint density at radius 2 is 2.50 bits per heavy atom. The smallest absolute Gasteiger partial charge is 0.0980 e. The van der Waals surface area contributed by atoms with Gasteiger partial charge in [-0.3, -0.25) is 5.10 Å². The Balaban J connectivity index is 0.000000720. The van der Waals surface area contributed by atoms with E-state index in [1.807, 2.05) is 6.20 Å². The van der Waals surface area contributed by atoms with E-state index in [9.17, 15) is 0 Å². The first-order valence-corrected chi connectivity index (χ1v) is 3.78. The van der Waals surface area contributed by atoms with Crippen LogP contribution in [0.25, 0.3) is 0 Å². The fraction of sp³-hybridized carbons (Fsp3) is 0.571. The van der Waals surface area contributed by atoms with Crippen molar-refractivity contribution in [3.8, 4) is 0 Å². The first-order valence-electron chi connectivity index (χ1n) is 3.78. The van der Waals surface area contributed by atoms with E-state index in [2.05, 4.69) is 15.5 Å². The van der Waals surface area contributed by atoms with Crippen LogP contribution in [0.2, 0.25) is 0 Å². The van der Waals surface area contributed by atoms with Gasteiger partial charge >= 0.3 is 0 Å². The Kier molecular flexibility index (Phi) is 3.52. The molecule has 2 heterocycles. The average molecular weight is 190 g/mol. The number of nitrogens with zero attached hydrogens (tertiary/aromatic N) is 1. The van der Waals surface area contributed by atoms with Crippen LogP contribution in [0.5, 0.6) is 0 Å². The third kappa shape index (κ3) is 1.97. The molecule has 12 heavy (non-hydrogen) atoms. The molecule has 0 amide bonds. The molecule has 1 aliphatic heterocycles. The van der Waals surface area contributed by atoms with Gasteiger partial charge in [-0.15, -0.1) is 12.4 Å². The number of rotatable bonds is 1. The minimum absolute atomic E-state index is 0. The van der Waals surface area contributed by atoms with Crippen LogP contribution in [-0.2, 0) is 4.74 Å². The number of ether oxygens (including phenoxy) is 1. The van der Waals surface area contributed by atoms with Crippen LogP contribution in [0.4, 0.5) is 0 Å². The lowest BCUT2D eigenvalue weighted by atomic mass is 10.2. The van der Waals surface area contributed by atoms with Gasteiger partial charge in [-0.1, -0.05) is 0 Å². The molecule has 1 aliphatic rings. The van der Waals surface area contributed by atoms with Crippen LogP contribution in [0.15, 0.2) is 12.4 Å². The molecule has 0 saturated carbocycles. The lowest BCUT2D eigenvalue weighted by Gasteiger charge is -2.22. The van der Waals surface area contributed by atoms with Gasteiger partial charge in [0.15, 0.2) is 0 Å². The second-order valence-electron chi connectivity index (χ2n) is 2.60. The van der Waals surface area contributed by atoms with E-state index in [0.717, 1.165) is 25.3 Å². The predicted octanol–water partition coefficient (Wildman–Crippen LogP) is 0.492. The van der Waals surface area contributed by atoms with Gasteiger partial charge in [0.1, 0.15) is 0 Å². The standard InChI is InChI=1S/C7H11N3O.ClH/c1-2-11-7(5-8-1)6-3-9-10-4-6;/h3-4,7-8H,1-2,5H2,(H,9,10);1H. The summed E-state index contributed by atoms with van der Waals surface area (Å²) in [6.45, 7) is 2.63. The molecule has 4 nitrogen and oxygen atoms in total. The minimum atomic E-state index is 0. The van der Waals surface area contributed by atoms with Crippen molar-refractivity contribution in [2.75, 3.05) is 19.7 Å². The maximum atomic E-state index is 5.50. The van der Waals surface area contributed by atoms with Crippen molar-refractivity contribution >= 4 is 12.4 Å². The highest BCUT2D eigenvalue weighted by atomic mass is 35.5. The highest BCUT2D eigenvalue weighted by Gasteiger charge is 2.15. The highest BCUT2D eigenvalue weighted by molar-refractivity contribution is 5.85. The summed E-state index contributed by atoms with van der Waals surface area (Å²) in [6.07, 6.45) is 3.86. The van der Waals surface area contributed by atoms with E-state index >= 15 is 0 Å². The van der Waals surface area contributed by atoms with Crippen molar-refractivity contribution < 1.29 is 4.74 Å². The molecule has 0 spiro atoms. The summed E-state index contributed by atoms with van der Waals surface area (Å²) in [7, 11) is 0. The van der Waals surface area contributed by atoms with E-state index in [1.165, 1.54) is 0 Å². The number of aromatic nitrogens is 2. The zero-order valence-corrected chi connectivity index (χ0v) is 7.43. The maximum absolute atomic E-state index is 5.50. The number of morpholine rings is 1. The van der Waals surface area contributed by atoms with E-state index in [-0.39, 0.29) is 18.5 Å². The van der Waals surface area contributed by atoms with Gasteiger partial charge in [-0.05, 0) is 0 Å². The maximum Gasteiger partial charge on any atom is 0.0980 e. The molecule has 0 aromatic carbocycles. The van der Waals surface area contributed by atoms with Gasteiger partial charge in [-0.2, -0.15) is 5.10 Å². The fourth-order valence-corrected chi connectivity index (χ4v) is 1.22. The monoisotopic (exact) mass is 189 g/mol. The quantitative estimate of drug-likeness (QED) is 0.676. The SMILES string of the molecule is Cl.c1n[nH]cc1C1CNCCO1. The number of aromatic amines is 1. The fourth-order valence-electron chi connectivity index (χ4n) is 1.22. The van der Waals surface area contributed by atoms with Crippen molar-refractivity contribution in [1.29, 1.82) is 0 Å². The zero-order chi connectivity index (χ0) is 7.52. The molecular weight excluding hydrogens is 178 g/mol. The molecule has 1 aromatic rings. The highest BCUT2D eigenvalue weighted by Crippen LogP contribution is 2.15. The summed E-state index contributed by atoms with van der Waals surface area (Å²) in [4.78, 5) is 0. The van der Waals surface area contributed by atoms with Crippen LogP contribution in [0.1, 0.15) is 11.7 Å². The average Bonchev–Trinajstić information content (AvgIpc) is 2.58. The molecule has 0 aliphatic carbocycles. The van der Waals surface area contributed by atoms with Crippen molar-refractivity contribution in [2.45, 2.75) is 6.10 Å². The third-order valence-electron chi connectivity index (χ3n) is 1.82. The van der Waals surface area contributed by atoms with Gasteiger partial charge in [0.2, 0.25) is 0 Å². The Hall–Kier alpha value is -0.580. The molecule has 1 unspecified atom stereocenters. The van der Waals surface area contributed by atoms with E-state index in [0.29, 0.717) is 0 Å². The first kappa shape index (κ1) is 9.51. The van der Waals surface area contributed by atoms with Crippen LogP contribution in [0, 0.1) is 0 Å². The molecule has 2 N–H and O–H groups in total. The number of H-pyrrole nitrogens is 1. The molecule has 68 valence electrons. The van der Waals surface area contributed by atoms with Crippen molar-refractivity contribution in [3.63, 3.8) is 0 Å². The third-order valence-corrected chi connectivity index (χ3v) is 1.82. The second-order valence-corrected chi connectivity index (χ2v) is 2.60. The second kappa shape index (κ2) is 4.45. The molecule has 0 bridgehead atoms.